The summed E-state index contributed by atoms with van der Waals surface area (Å²) >= 11 is 0. The molecule has 2 N–H and O–H groups in total. The molecule has 0 radical (unpaired) electrons. The second kappa shape index (κ2) is 4.13. The lowest BCUT2D eigenvalue weighted by molar-refractivity contribution is 0.194. The maximum absolute atomic E-state index is 10.3. The molecule has 0 aliphatic carbocycles. The highest BCUT2D eigenvalue weighted by molar-refractivity contribution is 5.64. The first-order chi connectivity index (χ1) is 6.52. The predicted octanol–water partition coefficient (Wildman–Crippen LogP) is 2.38. The van der Waals surface area contributed by atoms with Gasteiger partial charge >= 0.3 is 6.09 Å². The first kappa shape index (κ1) is 10.6. The van der Waals surface area contributed by atoms with Gasteiger partial charge in [-0.1, -0.05) is 12.1 Å². The molecule has 1 aromatic carbocycles. The number of nitrogens with one attached hydrogen (secondary N) is 1. The molecule has 0 fully saturated rings. The van der Waals surface area contributed by atoms with E-state index in [4.69, 9.17) is 5.11 Å². The minimum Gasteiger partial charge on any atom is -0.465 e. The van der Waals surface area contributed by atoms with Crippen molar-refractivity contribution >= 4 is 6.09 Å². The number of aryl methyl sites for hydroxylation is 1. The SMILES string of the molecule is Cc1ccc(CNC(=O)O)c(C)c1C. The summed E-state index contributed by atoms with van der Waals surface area (Å²) in [6.07, 6.45) is -0.984. The van der Waals surface area contributed by atoms with Crippen LogP contribution in [0, 0.1) is 20.8 Å². The maximum atomic E-state index is 10.3. The number of hydrogen-bond acceptors (Lipinski definition) is 1. The van der Waals surface area contributed by atoms with Crippen LogP contribution in [0.4, 0.5) is 4.79 Å². The first-order valence-corrected chi connectivity index (χ1v) is 4.55. The summed E-state index contributed by atoms with van der Waals surface area (Å²) in [6.45, 7) is 6.50. The van der Waals surface area contributed by atoms with Gasteiger partial charge in [0.25, 0.3) is 0 Å². The lowest BCUT2D eigenvalue weighted by Crippen LogP contribution is -2.20. The van der Waals surface area contributed by atoms with Crippen molar-refractivity contribution in [1.29, 1.82) is 0 Å². The van der Waals surface area contributed by atoms with Crippen LogP contribution in [0.25, 0.3) is 0 Å². The summed E-state index contributed by atoms with van der Waals surface area (Å²) < 4.78 is 0. The van der Waals surface area contributed by atoms with Crippen LogP contribution in [0.1, 0.15) is 22.3 Å². The molecular formula is C11H15NO2. The summed E-state index contributed by atoms with van der Waals surface area (Å²) in [7, 11) is 0. The third-order valence-corrected chi connectivity index (χ3v) is 2.60. The molecule has 1 amide bonds. The lowest BCUT2D eigenvalue weighted by Gasteiger charge is -2.10. The molecule has 0 spiro atoms. The van der Waals surface area contributed by atoms with E-state index in [1.165, 1.54) is 16.7 Å². The van der Waals surface area contributed by atoms with Crippen LogP contribution < -0.4 is 5.32 Å². The molecule has 0 heterocycles. The Balaban J connectivity index is 2.88. The van der Waals surface area contributed by atoms with Crippen molar-refractivity contribution in [1.82, 2.24) is 5.32 Å². The third kappa shape index (κ3) is 2.25. The molecule has 1 rings (SSSR count). The van der Waals surface area contributed by atoms with Crippen molar-refractivity contribution in [3.8, 4) is 0 Å². The summed E-state index contributed by atoms with van der Waals surface area (Å²) in [6, 6.07) is 3.98. The Hall–Kier alpha value is -1.51. The normalized spacial score (nSPS) is 9.93. The van der Waals surface area contributed by atoms with E-state index in [0.29, 0.717) is 6.54 Å². The molecule has 0 aromatic heterocycles. The zero-order chi connectivity index (χ0) is 10.7. The molecule has 0 atom stereocenters. The standard InChI is InChI=1S/C11H15NO2/c1-7-4-5-10(6-12-11(13)14)9(3)8(7)2/h4-5,12H,6H2,1-3H3,(H,13,14). The monoisotopic (exact) mass is 193 g/mol. The van der Waals surface area contributed by atoms with Crippen LogP contribution in [0.5, 0.6) is 0 Å². The number of carboxylic acid groups (broad SMARTS) is 1. The number of amides is 1. The van der Waals surface area contributed by atoms with Crippen LogP contribution in [0.2, 0.25) is 0 Å². The van der Waals surface area contributed by atoms with Gasteiger partial charge in [0.2, 0.25) is 0 Å². The van der Waals surface area contributed by atoms with Crippen LogP contribution in [0.3, 0.4) is 0 Å². The van der Waals surface area contributed by atoms with Crippen molar-refractivity contribution < 1.29 is 9.90 Å². The maximum Gasteiger partial charge on any atom is 0.404 e. The molecule has 0 unspecified atom stereocenters. The van der Waals surface area contributed by atoms with E-state index >= 15 is 0 Å². The van der Waals surface area contributed by atoms with Gasteiger partial charge in [0.15, 0.2) is 0 Å². The summed E-state index contributed by atoms with van der Waals surface area (Å²) in [5.41, 5.74) is 4.67. The molecule has 76 valence electrons. The molecule has 3 nitrogen and oxygen atoms in total. The Morgan fingerprint density at radius 2 is 1.93 bits per heavy atom. The average molecular weight is 193 g/mol. The van der Waals surface area contributed by atoms with E-state index < -0.39 is 6.09 Å². The molecule has 1 aromatic rings. The molecule has 0 aliphatic rings. The molecule has 0 saturated carbocycles. The first-order valence-electron chi connectivity index (χ1n) is 4.55. The van der Waals surface area contributed by atoms with Crippen LogP contribution >= 0.6 is 0 Å². The van der Waals surface area contributed by atoms with E-state index in [1.807, 2.05) is 19.1 Å². The minimum atomic E-state index is -0.984. The topological polar surface area (TPSA) is 49.3 Å². The largest absolute Gasteiger partial charge is 0.465 e. The quantitative estimate of drug-likeness (QED) is 0.757. The van der Waals surface area contributed by atoms with Gasteiger partial charge in [-0.05, 0) is 43.0 Å². The second-order valence-corrected chi connectivity index (χ2v) is 3.45. The van der Waals surface area contributed by atoms with E-state index in [-0.39, 0.29) is 0 Å². The highest BCUT2D eigenvalue weighted by atomic mass is 16.4. The highest BCUT2D eigenvalue weighted by Crippen LogP contribution is 2.16. The Kier molecular flexibility index (Phi) is 3.12. The van der Waals surface area contributed by atoms with Crippen LogP contribution in [-0.4, -0.2) is 11.2 Å². The van der Waals surface area contributed by atoms with Gasteiger partial charge < -0.3 is 10.4 Å². The van der Waals surface area contributed by atoms with E-state index in [9.17, 15) is 4.79 Å². The molecule has 0 bridgehead atoms. The molecule has 0 aliphatic heterocycles. The van der Waals surface area contributed by atoms with Gasteiger partial charge in [-0.15, -0.1) is 0 Å². The number of rotatable bonds is 2. The number of hydrogen-bond donors (Lipinski definition) is 2. The predicted molar refractivity (Wildman–Crippen MR) is 55.5 cm³/mol. The summed E-state index contributed by atoms with van der Waals surface area (Å²) in [5.74, 6) is 0. The van der Waals surface area contributed by atoms with Crippen molar-refractivity contribution in [2.45, 2.75) is 27.3 Å². The van der Waals surface area contributed by atoms with Crippen LogP contribution in [0.15, 0.2) is 12.1 Å². The minimum absolute atomic E-state index is 0.377. The van der Waals surface area contributed by atoms with Crippen molar-refractivity contribution in [3.63, 3.8) is 0 Å². The smallest absolute Gasteiger partial charge is 0.404 e. The van der Waals surface area contributed by atoms with Crippen molar-refractivity contribution in [2.75, 3.05) is 0 Å². The van der Waals surface area contributed by atoms with Gasteiger partial charge in [-0.25, -0.2) is 4.79 Å². The van der Waals surface area contributed by atoms with E-state index in [1.54, 1.807) is 0 Å². The Morgan fingerprint density at radius 3 is 2.50 bits per heavy atom. The number of benzene rings is 1. The van der Waals surface area contributed by atoms with Gasteiger partial charge in [0, 0.05) is 6.54 Å². The van der Waals surface area contributed by atoms with Crippen molar-refractivity contribution in [3.05, 3.63) is 34.4 Å². The lowest BCUT2D eigenvalue weighted by atomic mass is 9.99. The van der Waals surface area contributed by atoms with Gasteiger partial charge in [-0.3, -0.25) is 0 Å². The van der Waals surface area contributed by atoms with Gasteiger partial charge in [0.05, 0.1) is 0 Å². The van der Waals surface area contributed by atoms with E-state index in [2.05, 4.69) is 19.2 Å². The zero-order valence-corrected chi connectivity index (χ0v) is 8.72. The second-order valence-electron chi connectivity index (χ2n) is 3.45. The third-order valence-electron chi connectivity index (χ3n) is 2.60. The molecule has 3 heteroatoms. The fraction of sp³-hybridized carbons (Fsp3) is 0.364. The van der Waals surface area contributed by atoms with Gasteiger partial charge in [-0.2, -0.15) is 0 Å². The fourth-order valence-electron chi connectivity index (χ4n) is 1.37. The van der Waals surface area contributed by atoms with Crippen molar-refractivity contribution in [2.24, 2.45) is 0 Å². The number of carbonyl (C=O) groups is 1. The van der Waals surface area contributed by atoms with E-state index in [0.717, 1.165) is 5.56 Å². The molecule has 14 heavy (non-hydrogen) atoms. The average Bonchev–Trinajstić information content (AvgIpc) is 2.13. The fourth-order valence-corrected chi connectivity index (χ4v) is 1.37. The molecular weight excluding hydrogens is 178 g/mol. The van der Waals surface area contributed by atoms with Crippen LogP contribution in [-0.2, 0) is 6.54 Å². The summed E-state index contributed by atoms with van der Waals surface area (Å²) in [4.78, 5) is 10.3. The van der Waals surface area contributed by atoms with Gasteiger partial charge in [0.1, 0.15) is 0 Å². The Bertz CT molecular complexity index is 359. The Labute approximate surface area is 83.8 Å². The molecule has 0 saturated heterocycles. The zero-order valence-electron chi connectivity index (χ0n) is 8.72. The highest BCUT2D eigenvalue weighted by Gasteiger charge is 2.04. The Morgan fingerprint density at radius 1 is 1.29 bits per heavy atom. The summed E-state index contributed by atoms with van der Waals surface area (Å²) in [5, 5.41) is 10.8.